The highest BCUT2D eigenvalue weighted by atomic mass is 32.1. The first kappa shape index (κ1) is 28.6. The van der Waals surface area contributed by atoms with Crippen molar-refractivity contribution in [1.82, 2.24) is 24.8 Å². The molecule has 0 radical (unpaired) electrons. The molecule has 6 heterocycles. The number of hydrogen-bond acceptors (Lipinski definition) is 9. The van der Waals surface area contributed by atoms with Crippen molar-refractivity contribution in [3.05, 3.63) is 54.1 Å². The minimum atomic E-state index is -1.07. The van der Waals surface area contributed by atoms with E-state index >= 15 is 4.39 Å². The first-order valence-corrected chi connectivity index (χ1v) is 15.7. The van der Waals surface area contributed by atoms with Gasteiger partial charge in [0, 0.05) is 41.5 Å². The molecule has 7 rings (SSSR count). The lowest BCUT2D eigenvalue weighted by molar-refractivity contribution is -0.131. The molecule has 12 heteroatoms. The van der Waals surface area contributed by atoms with Gasteiger partial charge in [0.1, 0.15) is 23.6 Å². The number of benzene rings is 1. The largest absolute Gasteiger partial charge is 0.461 e. The Labute approximate surface area is 257 Å². The minimum absolute atomic E-state index is 0.0122. The van der Waals surface area contributed by atoms with Gasteiger partial charge in [0.25, 0.3) is 5.91 Å². The number of hydrogen-bond donors (Lipinski definition) is 0. The summed E-state index contributed by atoms with van der Waals surface area (Å²) in [6.45, 7) is 6.24. The van der Waals surface area contributed by atoms with E-state index in [0.29, 0.717) is 23.4 Å². The molecular weight excluding hydrogens is 584 g/mol. The quantitative estimate of drug-likeness (QED) is 0.253. The summed E-state index contributed by atoms with van der Waals surface area (Å²) in [5.74, 6) is -2.08. The second kappa shape index (κ2) is 11.4. The fourth-order valence-corrected chi connectivity index (χ4v) is 7.94. The number of aromatic nitrogens is 3. The number of nitriles is 1. The van der Waals surface area contributed by atoms with Crippen LogP contribution in [0.15, 0.2) is 48.2 Å². The van der Waals surface area contributed by atoms with Crippen LogP contribution in [-0.2, 0) is 4.79 Å². The van der Waals surface area contributed by atoms with Crippen molar-refractivity contribution in [2.75, 3.05) is 44.2 Å². The lowest BCUT2D eigenvalue weighted by Gasteiger charge is -2.41. The molecule has 3 aliphatic rings. The van der Waals surface area contributed by atoms with Crippen LogP contribution in [0, 0.1) is 17.1 Å². The Morgan fingerprint density at radius 1 is 1.16 bits per heavy atom. The molecule has 3 fully saturated rings. The standard InChI is InChI=1S/C32H31F2N7O2S/c1-20(33)30(42)41-15-14-39(18-21(41)7-11-35)29-24-17-36-27(23-5-2-6-25-22(23)8-16-44-25)26(34)28(24)37-31(38-29)43-19-32-9-3-12-40(32)13-4-10-32/h2,5-6,8,16-17,21H,1,3-4,7,9-10,12-15,18-19H2/t21-/m0/s1. The smallest absolute Gasteiger partial charge is 0.319 e. The molecular formula is C32H31F2N7O2S. The summed E-state index contributed by atoms with van der Waals surface area (Å²) < 4.78 is 37.7. The Hall–Kier alpha value is -4.21. The van der Waals surface area contributed by atoms with Crippen molar-refractivity contribution in [3.63, 3.8) is 0 Å². The number of piperazine rings is 1. The molecule has 0 aliphatic carbocycles. The molecule has 1 aromatic carbocycles. The van der Waals surface area contributed by atoms with Crippen molar-refractivity contribution in [2.24, 2.45) is 0 Å². The van der Waals surface area contributed by atoms with E-state index in [1.807, 2.05) is 34.5 Å². The summed E-state index contributed by atoms with van der Waals surface area (Å²) in [5.41, 5.74) is 0.882. The number of anilines is 1. The molecule has 3 aromatic heterocycles. The van der Waals surface area contributed by atoms with Gasteiger partial charge in [-0.15, -0.1) is 11.3 Å². The molecule has 0 bridgehead atoms. The molecule has 3 saturated heterocycles. The molecule has 0 N–H and O–H groups in total. The van der Waals surface area contributed by atoms with Crippen LogP contribution in [0.2, 0.25) is 0 Å². The van der Waals surface area contributed by atoms with Crippen molar-refractivity contribution in [1.29, 1.82) is 5.26 Å². The summed E-state index contributed by atoms with van der Waals surface area (Å²) in [5, 5.41) is 12.7. The molecule has 44 heavy (non-hydrogen) atoms. The van der Waals surface area contributed by atoms with Crippen molar-refractivity contribution in [3.8, 4) is 23.3 Å². The first-order chi connectivity index (χ1) is 21.4. The van der Waals surface area contributed by atoms with Crippen LogP contribution < -0.4 is 9.64 Å². The normalized spacial score (nSPS) is 19.8. The van der Waals surface area contributed by atoms with Gasteiger partial charge >= 0.3 is 6.01 Å². The highest BCUT2D eigenvalue weighted by molar-refractivity contribution is 7.17. The molecule has 0 unspecified atom stereocenters. The Morgan fingerprint density at radius 3 is 2.75 bits per heavy atom. The van der Waals surface area contributed by atoms with E-state index in [1.54, 1.807) is 17.5 Å². The number of carbonyl (C=O) groups excluding carboxylic acids is 1. The van der Waals surface area contributed by atoms with Gasteiger partial charge in [-0.3, -0.25) is 14.7 Å². The zero-order valence-electron chi connectivity index (χ0n) is 24.1. The van der Waals surface area contributed by atoms with Crippen molar-refractivity contribution < 1.29 is 18.3 Å². The van der Waals surface area contributed by atoms with Crippen LogP contribution in [-0.4, -0.2) is 81.6 Å². The number of carbonyl (C=O) groups is 1. The van der Waals surface area contributed by atoms with E-state index in [-0.39, 0.29) is 48.8 Å². The number of nitrogens with zero attached hydrogens (tertiary/aromatic N) is 7. The summed E-state index contributed by atoms with van der Waals surface area (Å²) in [4.78, 5) is 32.1. The highest BCUT2D eigenvalue weighted by Gasteiger charge is 2.45. The van der Waals surface area contributed by atoms with Gasteiger partial charge in [-0.2, -0.15) is 15.2 Å². The van der Waals surface area contributed by atoms with E-state index < -0.39 is 23.6 Å². The Kier molecular flexibility index (Phi) is 7.38. The fourth-order valence-electron chi connectivity index (χ4n) is 7.13. The molecule has 1 atom stereocenters. The SMILES string of the molecule is C=C(F)C(=O)N1CCN(c2nc(OCC34CCCN3CCC4)nc3c(F)c(-c4cccc5sccc45)ncc23)C[C@@H]1CC#N. The number of amides is 1. The van der Waals surface area contributed by atoms with Gasteiger partial charge in [-0.05, 0) is 56.3 Å². The molecule has 9 nitrogen and oxygen atoms in total. The van der Waals surface area contributed by atoms with Gasteiger partial charge in [0.2, 0.25) is 0 Å². The van der Waals surface area contributed by atoms with Crippen LogP contribution in [0.1, 0.15) is 32.1 Å². The van der Waals surface area contributed by atoms with E-state index in [2.05, 4.69) is 27.5 Å². The molecule has 1 amide bonds. The monoisotopic (exact) mass is 615 g/mol. The molecule has 0 saturated carbocycles. The molecule has 4 aromatic rings. The Balaban J connectivity index is 1.31. The van der Waals surface area contributed by atoms with Gasteiger partial charge in [0.15, 0.2) is 11.6 Å². The van der Waals surface area contributed by atoms with Crippen LogP contribution >= 0.6 is 11.3 Å². The number of pyridine rings is 1. The number of fused-ring (bicyclic) bond motifs is 3. The number of thiophene rings is 1. The van der Waals surface area contributed by atoms with Gasteiger partial charge in [-0.25, -0.2) is 8.78 Å². The van der Waals surface area contributed by atoms with E-state index in [1.165, 1.54) is 4.90 Å². The third kappa shape index (κ3) is 4.84. The maximum atomic E-state index is 16.5. The minimum Gasteiger partial charge on any atom is -0.461 e. The van der Waals surface area contributed by atoms with Crippen LogP contribution in [0.5, 0.6) is 6.01 Å². The molecule has 226 valence electrons. The Morgan fingerprint density at radius 2 is 1.98 bits per heavy atom. The zero-order valence-corrected chi connectivity index (χ0v) is 25.0. The van der Waals surface area contributed by atoms with E-state index in [0.717, 1.165) is 48.9 Å². The summed E-state index contributed by atoms with van der Waals surface area (Å²) in [6.07, 6.45) is 5.85. The van der Waals surface area contributed by atoms with Crippen LogP contribution in [0.3, 0.4) is 0 Å². The average molecular weight is 616 g/mol. The van der Waals surface area contributed by atoms with Gasteiger partial charge < -0.3 is 14.5 Å². The van der Waals surface area contributed by atoms with Crippen molar-refractivity contribution >= 4 is 44.1 Å². The summed E-state index contributed by atoms with van der Waals surface area (Å²) in [6, 6.07) is 9.23. The predicted octanol–water partition coefficient (Wildman–Crippen LogP) is 5.47. The summed E-state index contributed by atoms with van der Waals surface area (Å²) >= 11 is 1.58. The molecule has 3 aliphatic heterocycles. The fraction of sp³-hybridized carbons (Fsp3) is 0.406. The second-order valence-corrected chi connectivity index (χ2v) is 12.7. The second-order valence-electron chi connectivity index (χ2n) is 11.7. The topological polar surface area (TPSA) is 98.5 Å². The summed E-state index contributed by atoms with van der Waals surface area (Å²) in [7, 11) is 0. The average Bonchev–Trinajstić information content (AvgIpc) is 3.76. The highest BCUT2D eigenvalue weighted by Crippen LogP contribution is 2.40. The van der Waals surface area contributed by atoms with Gasteiger partial charge in [-0.1, -0.05) is 18.7 Å². The number of ether oxygens (including phenoxy) is 1. The lowest BCUT2D eigenvalue weighted by Crippen LogP contribution is -2.55. The lowest BCUT2D eigenvalue weighted by atomic mass is 9.95. The first-order valence-electron chi connectivity index (χ1n) is 14.9. The van der Waals surface area contributed by atoms with Crippen LogP contribution in [0.25, 0.3) is 32.2 Å². The van der Waals surface area contributed by atoms with Crippen LogP contribution in [0.4, 0.5) is 14.6 Å². The maximum absolute atomic E-state index is 16.5. The number of rotatable bonds is 7. The zero-order chi connectivity index (χ0) is 30.4. The number of halogens is 2. The van der Waals surface area contributed by atoms with E-state index in [9.17, 15) is 14.4 Å². The Bertz CT molecular complexity index is 1810. The third-order valence-electron chi connectivity index (χ3n) is 9.28. The van der Waals surface area contributed by atoms with Gasteiger partial charge in [0.05, 0.1) is 29.5 Å². The predicted molar refractivity (Wildman–Crippen MR) is 165 cm³/mol. The molecule has 0 spiro atoms. The van der Waals surface area contributed by atoms with E-state index in [4.69, 9.17) is 9.72 Å². The maximum Gasteiger partial charge on any atom is 0.319 e. The third-order valence-corrected chi connectivity index (χ3v) is 10.2. The van der Waals surface area contributed by atoms with Crippen molar-refractivity contribution in [2.45, 2.75) is 43.7 Å².